The molecule has 0 atom stereocenters. The first-order valence-corrected chi connectivity index (χ1v) is 12.3. The SMILES string of the molecule is CN(C)c1nc(N[C@H]2CC[C@@H](NC(=S)Nc3c(Cl)cc(Cl)cc3Cl)CC2)nc2ccccc12. The van der Waals surface area contributed by atoms with Crippen LogP contribution in [-0.2, 0) is 0 Å². The number of hydrogen-bond donors (Lipinski definition) is 3. The molecule has 1 heterocycles. The second kappa shape index (κ2) is 10.5. The van der Waals surface area contributed by atoms with Gasteiger partial charge in [0.25, 0.3) is 0 Å². The van der Waals surface area contributed by atoms with Gasteiger partial charge >= 0.3 is 0 Å². The average molecular weight is 524 g/mol. The Morgan fingerprint density at radius 3 is 2.27 bits per heavy atom. The van der Waals surface area contributed by atoms with Crippen LogP contribution >= 0.6 is 47.0 Å². The number of anilines is 3. The number of para-hydroxylation sites is 1. The van der Waals surface area contributed by atoms with Crippen LogP contribution in [0, 0.1) is 0 Å². The molecule has 0 unspecified atom stereocenters. The predicted molar refractivity (Wildman–Crippen MR) is 144 cm³/mol. The molecular formula is C23H25Cl3N6S. The summed E-state index contributed by atoms with van der Waals surface area (Å²) >= 11 is 23.9. The molecule has 0 bridgehead atoms. The van der Waals surface area contributed by atoms with Gasteiger partial charge in [-0.15, -0.1) is 0 Å². The van der Waals surface area contributed by atoms with E-state index in [1.807, 2.05) is 43.3 Å². The maximum Gasteiger partial charge on any atom is 0.225 e. The largest absolute Gasteiger partial charge is 0.362 e. The van der Waals surface area contributed by atoms with E-state index in [0.717, 1.165) is 42.4 Å². The van der Waals surface area contributed by atoms with E-state index in [1.54, 1.807) is 12.1 Å². The summed E-state index contributed by atoms with van der Waals surface area (Å²) in [7, 11) is 3.99. The zero-order valence-corrected chi connectivity index (χ0v) is 21.4. The maximum atomic E-state index is 6.24. The second-order valence-electron chi connectivity index (χ2n) is 8.32. The summed E-state index contributed by atoms with van der Waals surface area (Å²) in [4.78, 5) is 11.5. The summed E-state index contributed by atoms with van der Waals surface area (Å²) in [6.45, 7) is 0. The predicted octanol–water partition coefficient (Wildman–Crippen LogP) is 6.37. The minimum atomic E-state index is 0.266. The van der Waals surface area contributed by atoms with Gasteiger partial charge in [-0.1, -0.05) is 46.9 Å². The number of thiocarbonyl (C=S) groups is 1. The molecule has 2 aromatic carbocycles. The van der Waals surface area contributed by atoms with E-state index in [9.17, 15) is 0 Å². The van der Waals surface area contributed by atoms with Crippen LogP contribution in [0.15, 0.2) is 36.4 Å². The van der Waals surface area contributed by atoms with Crippen molar-refractivity contribution in [2.45, 2.75) is 37.8 Å². The van der Waals surface area contributed by atoms with E-state index in [1.165, 1.54) is 0 Å². The molecule has 10 heteroatoms. The number of nitrogens with zero attached hydrogens (tertiary/aromatic N) is 3. The number of rotatable bonds is 5. The molecule has 3 aromatic rings. The molecule has 0 spiro atoms. The van der Waals surface area contributed by atoms with Crippen LogP contribution in [0.1, 0.15) is 25.7 Å². The van der Waals surface area contributed by atoms with Gasteiger partial charge in [0.2, 0.25) is 5.95 Å². The highest BCUT2D eigenvalue weighted by molar-refractivity contribution is 7.80. The number of halogens is 3. The Hall–Kier alpha value is -2.06. The molecule has 0 saturated heterocycles. The van der Waals surface area contributed by atoms with Crippen molar-refractivity contribution >= 4 is 80.5 Å². The van der Waals surface area contributed by atoms with E-state index < -0.39 is 0 Å². The van der Waals surface area contributed by atoms with Gasteiger partial charge in [0.1, 0.15) is 5.82 Å². The van der Waals surface area contributed by atoms with Crippen LogP contribution in [-0.4, -0.2) is 41.3 Å². The summed E-state index contributed by atoms with van der Waals surface area (Å²) in [5.41, 5.74) is 1.49. The van der Waals surface area contributed by atoms with Gasteiger partial charge in [0.15, 0.2) is 5.11 Å². The van der Waals surface area contributed by atoms with Crippen molar-refractivity contribution < 1.29 is 0 Å². The summed E-state index contributed by atoms with van der Waals surface area (Å²) < 4.78 is 0. The third-order valence-corrected chi connectivity index (χ3v) is 6.68. The number of benzene rings is 2. The quantitative estimate of drug-likeness (QED) is 0.336. The third-order valence-electron chi connectivity index (χ3n) is 5.65. The first kappa shape index (κ1) is 24.1. The average Bonchev–Trinajstić information content (AvgIpc) is 2.77. The Kier molecular flexibility index (Phi) is 7.64. The normalized spacial score (nSPS) is 18.1. The molecule has 0 amide bonds. The lowest BCUT2D eigenvalue weighted by molar-refractivity contribution is 0.387. The zero-order chi connectivity index (χ0) is 23.5. The van der Waals surface area contributed by atoms with E-state index in [4.69, 9.17) is 57.0 Å². The van der Waals surface area contributed by atoms with Crippen LogP contribution in [0.25, 0.3) is 10.9 Å². The molecule has 33 heavy (non-hydrogen) atoms. The molecule has 3 N–H and O–H groups in total. The molecule has 1 saturated carbocycles. The molecule has 1 aliphatic carbocycles. The van der Waals surface area contributed by atoms with Crippen LogP contribution in [0.3, 0.4) is 0 Å². The Morgan fingerprint density at radius 2 is 1.61 bits per heavy atom. The van der Waals surface area contributed by atoms with Crippen molar-refractivity contribution in [3.8, 4) is 0 Å². The van der Waals surface area contributed by atoms with Crippen molar-refractivity contribution in [1.29, 1.82) is 0 Å². The van der Waals surface area contributed by atoms with E-state index in [2.05, 4.69) is 16.0 Å². The molecule has 1 aromatic heterocycles. The highest BCUT2D eigenvalue weighted by Gasteiger charge is 2.23. The second-order valence-corrected chi connectivity index (χ2v) is 9.98. The van der Waals surface area contributed by atoms with Crippen LogP contribution in [0.4, 0.5) is 17.5 Å². The van der Waals surface area contributed by atoms with Crippen molar-refractivity contribution in [2.24, 2.45) is 0 Å². The smallest absolute Gasteiger partial charge is 0.225 e. The Labute approximate surface area is 214 Å². The molecule has 174 valence electrons. The fraction of sp³-hybridized carbons (Fsp3) is 0.348. The standard InChI is InChI=1S/C23H25Cl3N6S/c1-32(2)21-16-5-3-4-6-19(16)29-22(31-21)27-14-7-9-15(10-8-14)28-23(33)30-20-17(25)11-13(24)12-18(20)26/h3-6,11-12,14-15H,7-10H2,1-2H3,(H,27,29,31)(H2,28,30,33)/t14-,15+. The fourth-order valence-corrected chi connectivity index (χ4v) is 5.21. The lowest BCUT2D eigenvalue weighted by Crippen LogP contribution is -2.42. The van der Waals surface area contributed by atoms with Crippen LogP contribution < -0.4 is 20.9 Å². The number of fused-ring (bicyclic) bond motifs is 1. The number of nitrogens with one attached hydrogen (secondary N) is 3. The van der Waals surface area contributed by atoms with Crippen molar-refractivity contribution in [3.63, 3.8) is 0 Å². The summed E-state index contributed by atoms with van der Waals surface area (Å²) in [5, 5.41) is 12.9. The van der Waals surface area contributed by atoms with Gasteiger partial charge in [-0.25, -0.2) is 4.98 Å². The van der Waals surface area contributed by atoms with Gasteiger partial charge in [-0.05, 0) is 62.2 Å². The fourth-order valence-electron chi connectivity index (χ4n) is 4.03. The topological polar surface area (TPSA) is 65.1 Å². The van der Waals surface area contributed by atoms with Crippen LogP contribution in [0.2, 0.25) is 15.1 Å². The molecule has 0 radical (unpaired) electrons. The first-order chi connectivity index (χ1) is 15.8. The van der Waals surface area contributed by atoms with Gasteiger partial charge < -0.3 is 20.9 Å². The van der Waals surface area contributed by atoms with E-state index in [0.29, 0.717) is 37.9 Å². The molecule has 6 nitrogen and oxygen atoms in total. The molecule has 1 aliphatic rings. The van der Waals surface area contributed by atoms with Crippen molar-refractivity contribution in [2.75, 3.05) is 29.6 Å². The third kappa shape index (κ3) is 5.90. The van der Waals surface area contributed by atoms with Crippen LogP contribution in [0.5, 0.6) is 0 Å². The Bertz CT molecular complexity index is 1140. The Morgan fingerprint density at radius 1 is 0.970 bits per heavy atom. The number of hydrogen-bond acceptors (Lipinski definition) is 5. The van der Waals surface area contributed by atoms with Crippen molar-refractivity contribution in [3.05, 3.63) is 51.5 Å². The van der Waals surface area contributed by atoms with Gasteiger partial charge in [0.05, 0.1) is 21.2 Å². The summed E-state index contributed by atoms with van der Waals surface area (Å²) in [6.07, 6.45) is 3.90. The lowest BCUT2D eigenvalue weighted by Gasteiger charge is -2.30. The molecule has 4 rings (SSSR count). The minimum Gasteiger partial charge on any atom is -0.362 e. The van der Waals surface area contributed by atoms with Gasteiger partial charge in [0, 0.05) is 36.6 Å². The van der Waals surface area contributed by atoms with Gasteiger partial charge in [-0.2, -0.15) is 4.98 Å². The van der Waals surface area contributed by atoms with E-state index in [-0.39, 0.29) is 6.04 Å². The zero-order valence-electron chi connectivity index (χ0n) is 18.3. The lowest BCUT2D eigenvalue weighted by atomic mass is 9.91. The molecular weight excluding hydrogens is 499 g/mol. The first-order valence-electron chi connectivity index (χ1n) is 10.7. The summed E-state index contributed by atoms with van der Waals surface area (Å²) in [5.74, 6) is 1.58. The number of aromatic nitrogens is 2. The molecule has 0 aliphatic heterocycles. The van der Waals surface area contributed by atoms with E-state index >= 15 is 0 Å². The van der Waals surface area contributed by atoms with Gasteiger partial charge in [-0.3, -0.25) is 0 Å². The van der Waals surface area contributed by atoms with Crippen molar-refractivity contribution in [1.82, 2.24) is 15.3 Å². The highest BCUT2D eigenvalue weighted by Crippen LogP contribution is 2.34. The summed E-state index contributed by atoms with van der Waals surface area (Å²) in [6, 6.07) is 11.9. The minimum absolute atomic E-state index is 0.266. The maximum absolute atomic E-state index is 6.24. The highest BCUT2D eigenvalue weighted by atomic mass is 35.5. The Balaban J connectivity index is 1.34. The molecule has 1 fully saturated rings. The monoisotopic (exact) mass is 522 g/mol.